The van der Waals surface area contributed by atoms with Crippen molar-refractivity contribution >= 4 is 69.1 Å². The van der Waals surface area contributed by atoms with Crippen LogP contribution in [0.3, 0.4) is 0 Å². The van der Waals surface area contributed by atoms with Crippen LogP contribution in [0, 0.1) is 0 Å². The van der Waals surface area contributed by atoms with Gasteiger partial charge in [-0.3, -0.25) is 18.2 Å². The second-order valence-electron chi connectivity index (χ2n) is 17.7. The summed E-state index contributed by atoms with van der Waals surface area (Å²) in [4.78, 5) is 18.8. The predicted molar refractivity (Wildman–Crippen MR) is 256 cm³/mol. The van der Waals surface area contributed by atoms with Gasteiger partial charge in [0.25, 0.3) is 40.5 Å². The van der Waals surface area contributed by atoms with Crippen LogP contribution in [-0.2, 0) is 62.5 Å². The zero-order chi connectivity index (χ0) is 50.9. The van der Waals surface area contributed by atoms with Crippen LogP contribution in [0.2, 0.25) is 0 Å². The Balaban J connectivity index is 1.47. The minimum absolute atomic E-state index is 0.0208. The molecule has 23 heteroatoms. The standard InChI is InChI=1S/C46H53N3O16S4/c1-45(2)36-29-33(68(59,60)61)17-19-38(36)47(25-9-27-66(53,54)55)40(45)21-15-32(35-13-7-5-11-31(35)12-6-8-14-44(52)65-49-42(50)23-24-43(49)51)16-22-41-46(3,4)37-30-34(69(62,63)64)18-20-39(37)48(41)26-10-28-67(56,57)58/h5,7,11,13,15-24,29-30H,6,8-10,12,14,25-28H2,1-4H3,(H5-,50,51,53,54,55,56,57,58,59,60,61,62,63,64)/p+1. The quantitative estimate of drug-likeness (QED) is 0.0255. The Hall–Kier alpha value is -5.66. The van der Waals surface area contributed by atoms with E-state index in [0.717, 1.165) is 23.3 Å². The largest absolute Gasteiger partial charge is 0.492 e. The summed E-state index contributed by atoms with van der Waals surface area (Å²) in [6.45, 7) is 7.46. The van der Waals surface area contributed by atoms with Crippen LogP contribution in [0.4, 0.5) is 11.4 Å². The fourth-order valence-electron chi connectivity index (χ4n) is 8.74. The molecule has 19 nitrogen and oxygen atoms in total. The summed E-state index contributed by atoms with van der Waals surface area (Å²) in [6.07, 6.45) is 8.36. The minimum Gasteiger partial charge on any atom is -0.492 e. The molecule has 0 radical (unpaired) electrons. The van der Waals surface area contributed by atoms with E-state index in [9.17, 15) is 66.9 Å². The third-order valence-corrected chi connectivity index (χ3v) is 15.4. The lowest BCUT2D eigenvalue weighted by Gasteiger charge is -2.27. The molecule has 0 aliphatic carbocycles. The van der Waals surface area contributed by atoms with Crippen LogP contribution < -0.4 is 9.74 Å². The van der Waals surface area contributed by atoms with E-state index in [-0.39, 0.29) is 42.1 Å². The van der Waals surface area contributed by atoms with Gasteiger partial charge in [0.05, 0.1) is 26.7 Å². The Morgan fingerprint density at radius 1 is 0.710 bits per heavy atom. The van der Waals surface area contributed by atoms with Crippen molar-refractivity contribution in [3.63, 3.8) is 0 Å². The topological polar surface area (TPSA) is 295 Å². The maximum atomic E-state index is 12.6. The molecule has 69 heavy (non-hydrogen) atoms. The van der Waals surface area contributed by atoms with Gasteiger partial charge < -0.3 is 20.0 Å². The molecule has 6 rings (SSSR count). The highest BCUT2D eigenvalue weighted by Crippen LogP contribution is 2.49. The number of allylic oxidation sites excluding steroid dienone is 6. The number of aromatic nitrogens is 1. The molecule has 6 N–H and O–H groups in total. The van der Waals surface area contributed by atoms with Gasteiger partial charge in [-0.15, -0.1) is 4.73 Å². The zero-order valence-corrected chi connectivity index (χ0v) is 41.3. The summed E-state index contributed by atoms with van der Waals surface area (Å²) in [7, 11) is -18.0. The highest BCUT2D eigenvalue weighted by molar-refractivity contribution is 7.86. The molecule has 0 atom stereocenters. The number of nitrogens with zero attached hydrogens (tertiary/aromatic N) is 3. The van der Waals surface area contributed by atoms with Crippen molar-refractivity contribution in [1.82, 2.24) is 4.73 Å². The molecule has 0 spiro atoms. The number of unbranched alkanes of at least 4 members (excludes halogenated alkanes) is 1. The summed E-state index contributed by atoms with van der Waals surface area (Å²) in [5.74, 6) is -2.75. The van der Waals surface area contributed by atoms with Gasteiger partial charge in [-0.2, -0.15) is 38.2 Å². The van der Waals surface area contributed by atoms with Crippen LogP contribution in [-0.4, -0.2) is 108 Å². The van der Waals surface area contributed by atoms with E-state index in [1.807, 2.05) is 52.0 Å². The van der Waals surface area contributed by atoms with E-state index in [4.69, 9.17) is 4.84 Å². The van der Waals surface area contributed by atoms with Crippen molar-refractivity contribution in [3.05, 3.63) is 125 Å². The van der Waals surface area contributed by atoms with Gasteiger partial charge in [0.2, 0.25) is 17.4 Å². The Morgan fingerprint density at radius 2 is 1.30 bits per heavy atom. The number of carbonyl (C=O) groups is 1. The number of aromatic hydroxyl groups is 2. The van der Waals surface area contributed by atoms with Gasteiger partial charge in [-0.05, 0) is 104 Å². The molecule has 2 aliphatic rings. The van der Waals surface area contributed by atoms with Gasteiger partial charge >= 0.3 is 5.97 Å². The summed E-state index contributed by atoms with van der Waals surface area (Å²) < 4.78 is 138. The second kappa shape index (κ2) is 20.0. The van der Waals surface area contributed by atoms with Crippen molar-refractivity contribution < 1.29 is 76.3 Å². The summed E-state index contributed by atoms with van der Waals surface area (Å²) in [5.41, 5.74) is 3.49. The average molecular weight is 1030 g/mol. The normalized spacial score (nSPS) is 16.7. The number of carbonyl (C=O) groups excluding carboxylic acids is 1. The molecule has 4 aromatic rings. The van der Waals surface area contributed by atoms with Gasteiger partial charge in [-0.25, -0.2) is 4.79 Å². The van der Waals surface area contributed by atoms with E-state index in [0.29, 0.717) is 63.5 Å². The first-order chi connectivity index (χ1) is 32.0. The fourth-order valence-corrected chi connectivity index (χ4v) is 10.7. The number of hydrogen-bond acceptors (Lipinski definition) is 13. The molecular weight excluding hydrogens is 979 g/mol. The highest BCUT2D eigenvalue weighted by atomic mass is 32.2. The van der Waals surface area contributed by atoms with Crippen molar-refractivity contribution in [2.24, 2.45) is 0 Å². The number of fused-ring (bicyclic) bond motifs is 2. The zero-order valence-electron chi connectivity index (χ0n) is 38.0. The lowest BCUT2D eigenvalue weighted by molar-refractivity contribution is -0.437. The molecule has 0 bridgehead atoms. The van der Waals surface area contributed by atoms with E-state index in [1.54, 1.807) is 33.8 Å². The Kier molecular flexibility index (Phi) is 15.3. The molecular formula is C46H54N3O16S4+. The molecule has 3 heterocycles. The molecule has 0 saturated carbocycles. The number of rotatable bonds is 20. The van der Waals surface area contributed by atoms with Crippen LogP contribution in [0.25, 0.3) is 5.57 Å². The van der Waals surface area contributed by atoms with E-state index in [1.165, 1.54) is 36.4 Å². The molecule has 3 aromatic carbocycles. The van der Waals surface area contributed by atoms with Gasteiger partial charge in [0.1, 0.15) is 6.54 Å². The number of hydrogen-bond donors (Lipinski definition) is 6. The van der Waals surface area contributed by atoms with Gasteiger partial charge in [-0.1, -0.05) is 44.2 Å². The molecule has 0 saturated heterocycles. The maximum absolute atomic E-state index is 12.6. The second-order valence-corrected chi connectivity index (χ2v) is 23.7. The van der Waals surface area contributed by atoms with Crippen molar-refractivity contribution in [3.8, 4) is 11.8 Å². The first-order valence-electron chi connectivity index (χ1n) is 21.6. The molecule has 0 fully saturated rings. The number of aryl methyl sites for hydroxylation is 1. The summed E-state index contributed by atoms with van der Waals surface area (Å²) in [5, 5.41) is 19.8. The lowest BCUT2D eigenvalue weighted by Crippen LogP contribution is -2.28. The lowest BCUT2D eigenvalue weighted by atomic mass is 9.81. The third-order valence-electron chi connectivity index (χ3n) is 12.1. The van der Waals surface area contributed by atoms with E-state index < -0.39 is 80.5 Å². The number of benzene rings is 3. The van der Waals surface area contributed by atoms with Crippen molar-refractivity contribution in [1.29, 1.82) is 0 Å². The average Bonchev–Trinajstić information content (AvgIpc) is 3.75. The van der Waals surface area contributed by atoms with E-state index >= 15 is 0 Å². The Labute approximate surface area is 401 Å². The molecule has 0 amide bonds. The SMILES string of the molecule is CC1(C)C(=CC=C(C=CC2=[N+](CCCS(=O)(=O)O)c3ccc(S(=O)(=O)O)cc3C2(C)C)c2ccccc2CCCCC(=O)On2c(O)ccc2O)N(CCCS(=O)(=O)O)c2ccc(S(=O)(=O)O)cc21. The summed E-state index contributed by atoms with van der Waals surface area (Å²) >= 11 is 0. The monoisotopic (exact) mass is 1030 g/mol. The number of anilines is 1. The van der Waals surface area contributed by atoms with Crippen molar-refractivity contribution in [2.75, 3.05) is 29.5 Å². The van der Waals surface area contributed by atoms with E-state index in [2.05, 4.69) is 0 Å². The van der Waals surface area contributed by atoms with Gasteiger partial charge in [0, 0.05) is 66.0 Å². The molecule has 0 unspecified atom stereocenters. The Bertz CT molecular complexity index is 3240. The van der Waals surface area contributed by atoms with Crippen LogP contribution in [0.5, 0.6) is 11.8 Å². The van der Waals surface area contributed by atoms with Crippen molar-refractivity contribution in [2.45, 2.75) is 86.8 Å². The molecule has 1 aromatic heterocycles. The Morgan fingerprint density at radius 3 is 1.93 bits per heavy atom. The third kappa shape index (κ3) is 12.4. The minimum atomic E-state index is -4.62. The van der Waals surface area contributed by atoms with Crippen LogP contribution in [0.15, 0.2) is 113 Å². The first-order valence-corrected chi connectivity index (χ1v) is 27.7. The van der Waals surface area contributed by atoms with Crippen LogP contribution in [0.1, 0.15) is 82.1 Å². The van der Waals surface area contributed by atoms with Crippen LogP contribution >= 0.6 is 0 Å². The fraction of sp³-hybridized carbons (Fsp3) is 0.348. The molecule has 2 aliphatic heterocycles. The summed E-state index contributed by atoms with van der Waals surface area (Å²) in [6, 6.07) is 17.9. The highest BCUT2D eigenvalue weighted by Gasteiger charge is 2.45. The maximum Gasteiger partial charge on any atom is 0.333 e. The van der Waals surface area contributed by atoms with Gasteiger partial charge in [0.15, 0.2) is 5.71 Å². The first kappa shape index (κ1) is 52.7. The smallest absolute Gasteiger partial charge is 0.333 e. The predicted octanol–water partition coefficient (Wildman–Crippen LogP) is 6.01. The molecule has 372 valence electrons.